The first-order chi connectivity index (χ1) is 13.3. The number of hydrogen-bond acceptors (Lipinski definition) is 6. The Labute approximate surface area is 167 Å². The minimum absolute atomic E-state index is 0.0316. The molecule has 0 fully saturated rings. The van der Waals surface area contributed by atoms with Crippen molar-refractivity contribution in [3.05, 3.63) is 60.2 Å². The highest BCUT2D eigenvalue weighted by molar-refractivity contribution is 7.99. The number of benzene rings is 2. The molecule has 28 heavy (non-hydrogen) atoms. The molecule has 0 bridgehead atoms. The number of carbonyl (C=O) groups is 1. The van der Waals surface area contributed by atoms with Crippen molar-refractivity contribution in [1.29, 1.82) is 0 Å². The standard InChI is InChI=1S/C18H19N5O3S2/c1-12(13-7-9-15(10-8-13)28(19,25)26)20-16(24)11-27-18-21-17(22-23-18)14-5-3-2-4-6-14/h2-10,12H,11H2,1H3,(H,20,24)(H2,19,25,26)(H,21,22,23)/t12-/m1/s1. The van der Waals surface area contributed by atoms with Gasteiger partial charge in [0.1, 0.15) is 0 Å². The van der Waals surface area contributed by atoms with E-state index in [1.165, 1.54) is 23.9 Å². The van der Waals surface area contributed by atoms with E-state index in [1.54, 1.807) is 12.1 Å². The smallest absolute Gasteiger partial charge is 0.238 e. The molecule has 1 heterocycles. The third kappa shape index (κ3) is 5.18. The monoisotopic (exact) mass is 417 g/mol. The second-order valence-corrected chi connectivity index (χ2v) is 8.53. The molecule has 0 unspecified atom stereocenters. The average molecular weight is 418 g/mol. The second kappa shape index (κ2) is 8.55. The molecule has 0 spiro atoms. The molecule has 3 aromatic rings. The van der Waals surface area contributed by atoms with Crippen LogP contribution in [0.3, 0.4) is 0 Å². The number of aromatic amines is 1. The van der Waals surface area contributed by atoms with Gasteiger partial charge in [-0.3, -0.25) is 9.89 Å². The third-order valence-electron chi connectivity index (χ3n) is 3.93. The highest BCUT2D eigenvalue weighted by Crippen LogP contribution is 2.19. The van der Waals surface area contributed by atoms with Gasteiger partial charge in [-0.1, -0.05) is 54.2 Å². The number of aromatic nitrogens is 3. The number of nitrogens with two attached hydrogens (primary N) is 1. The molecule has 0 radical (unpaired) electrons. The first-order valence-electron chi connectivity index (χ1n) is 8.35. The Kier molecular flexibility index (Phi) is 6.12. The normalized spacial score (nSPS) is 12.5. The van der Waals surface area contributed by atoms with Crippen molar-refractivity contribution in [2.75, 3.05) is 5.75 Å². The number of thioether (sulfide) groups is 1. The van der Waals surface area contributed by atoms with Gasteiger partial charge in [0.15, 0.2) is 5.82 Å². The molecular formula is C18H19N5O3S2. The van der Waals surface area contributed by atoms with Crippen LogP contribution in [0.5, 0.6) is 0 Å². The molecule has 4 N–H and O–H groups in total. The number of H-pyrrole nitrogens is 1. The van der Waals surface area contributed by atoms with E-state index in [4.69, 9.17) is 5.14 Å². The molecule has 1 aromatic heterocycles. The van der Waals surface area contributed by atoms with Gasteiger partial charge >= 0.3 is 0 Å². The zero-order chi connectivity index (χ0) is 20.1. The van der Waals surface area contributed by atoms with Gasteiger partial charge in [0.2, 0.25) is 21.1 Å². The van der Waals surface area contributed by atoms with Crippen molar-refractivity contribution in [1.82, 2.24) is 20.5 Å². The number of nitrogens with zero attached hydrogens (tertiary/aromatic N) is 2. The summed E-state index contributed by atoms with van der Waals surface area (Å²) in [5, 5.41) is 15.4. The molecule has 0 aliphatic carbocycles. The number of hydrogen-bond donors (Lipinski definition) is 3. The van der Waals surface area contributed by atoms with Crippen molar-refractivity contribution >= 4 is 27.7 Å². The summed E-state index contributed by atoms with van der Waals surface area (Å²) >= 11 is 1.23. The predicted molar refractivity (Wildman–Crippen MR) is 107 cm³/mol. The van der Waals surface area contributed by atoms with Gasteiger partial charge in [0.05, 0.1) is 16.7 Å². The van der Waals surface area contributed by atoms with E-state index in [2.05, 4.69) is 20.5 Å². The van der Waals surface area contributed by atoms with E-state index in [0.29, 0.717) is 11.0 Å². The van der Waals surface area contributed by atoms with Crippen molar-refractivity contribution in [2.45, 2.75) is 23.0 Å². The lowest BCUT2D eigenvalue weighted by molar-refractivity contribution is -0.119. The quantitative estimate of drug-likeness (QED) is 0.505. The average Bonchev–Trinajstić information content (AvgIpc) is 3.15. The zero-order valence-corrected chi connectivity index (χ0v) is 16.6. The van der Waals surface area contributed by atoms with Crippen molar-refractivity contribution in [3.8, 4) is 11.4 Å². The molecule has 0 aliphatic rings. The Morgan fingerprint density at radius 2 is 1.86 bits per heavy atom. The van der Waals surface area contributed by atoms with Gasteiger partial charge in [-0.15, -0.1) is 5.10 Å². The van der Waals surface area contributed by atoms with Crippen LogP contribution in [0.25, 0.3) is 11.4 Å². The third-order valence-corrected chi connectivity index (χ3v) is 5.71. The van der Waals surface area contributed by atoms with Crippen molar-refractivity contribution < 1.29 is 13.2 Å². The summed E-state index contributed by atoms with van der Waals surface area (Å²) in [6.45, 7) is 1.81. The lowest BCUT2D eigenvalue weighted by Gasteiger charge is -2.14. The Morgan fingerprint density at radius 3 is 2.50 bits per heavy atom. The van der Waals surface area contributed by atoms with Gasteiger partial charge in [0, 0.05) is 5.56 Å². The molecule has 3 rings (SSSR count). The summed E-state index contributed by atoms with van der Waals surface area (Å²) in [4.78, 5) is 16.6. The number of rotatable bonds is 7. The number of nitrogens with one attached hydrogen (secondary N) is 2. The molecule has 0 saturated heterocycles. The molecule has 2 aromatic carbocycles. The number of amides is 1. The molecule has 8 nitrogen and oxygen atoms in total. The van der Waals surface area contributed by atoms with Gasteiger partial charge in [-0.2, -0.15) is 0 Å². The zero-order valence-electron chi connectivity index (χ0n) is 15.0. The van der Waals surface area contributed by atoms with E-state index < -0.39 is 10.0 Å². The summed E-state index contributed by atoms with van der Waals surface area (Å²) in [6.07, 6.45) is 0. The Bertz CT molecular complexity index is 1050. The van der Waals surface area contributed by atoms with Crippen LogP contribution in [0.4, 0.5) is 0 Å². The molecular weight excluding hydrogens is 398 g/mol. The number of sulfonamides is 1. The van der Waals surface area contributed by atoms with Gasteiger partial charge in [-0.25, -0.2) is 18.5 Å². The van der Waals surface area contributed by atoms with E-state index in [9.17, 15) is 13.2 Å². The highest BCUT2D eigenvalue weighted by atomic mass is 32.2. The maximum absolute atomic E-state index is 12.2. The van der Waals surface area contributed by atoms with Crippen LogP contribution < -0.4 is 10.5 Å². The van der Waals surface area contributed by atoms with E-state index >= 15 is 0 Å². The molecule has 10 heteroatoms. The van der Waals surface area contributed by atoms with Gasteiger partial charge < -0.3 is 5.32 Å². The summed E-state index contributed by atoms with van der Waals surface area (Å²) in [5.74, 6) is 0.622. The molecule has 1 atom stereocenters. The van der Waals surface area contributed by atoms with E-state index in [-0.39, 0.29) is 22.6 Å². The van der Waals surface area contributed by atoms with Crippen LogP contribution in [-0.2, 0) is 14.8 Å². The van der Waals surface area contributed by atoms with Crippen LogP contribution in [-0.4, -0.2) is 35.3 Å². The molecule has 146 valence electrons. The lowest BCUT2D eigenvalue weighted by Crippen LogP contribution is -2.28. The van der Waals surface area contributed by atoms with E-state index in [0.717, 1.165) is 11.1 Å². The summed E-state index contributed by atoms with van der Waals surface area (Å²) in [7, 11) is -3.73. The maximum atomic E-state index is 12.2. The molecule has 0 aliphatic heterocycles. The first kappa shape index (κ1) is 20.1. The minimum atomic E-state index is -3.73. The van der Waals surface area contributed by atoms with Crippen molar-refractivity contribution in [3.63, 3.8) is 0 Å². The van der Waals surface area contributed by atoms with Crippen LogP contribution in [0, 0.1) is 0 Å². The Morgan fingerprint density at radius 1 is 1.18 bits per heavy atom. The SMILES string of the molecule is C[C@@H](NC(=O)CSc1n[nH]c(-c2ccccc2)n1)c1ccc(S(N)(=O)=O)cc1. The topological polar surface area (TPSA) is 131 Å². The fourth-order valence-corrected chi connectivity index (χ4v) is 3.60. The van der Waals surface area contributed by atoms with Crippen LogP contribution in [0.15, 0.2) is 64.6 Å². The highest BCUT2D eigenvalue weighted by Gasteiger charge is 2.13. The lowest BCUT2D eigenvalue weighted by atomic mass is 10.1. The Hall–Kier alpha value is -2.69. The summed E-state index contributed by atoms with van der Waals surface area (Å²) < 4.78 is 22.6. The van der Waals surface area contributed by atoms with Crippen LogP contribution in [0.1, 0.15) is 18.5 Å². The minimum Gasteiger partial charge on any atom is -0.349 e. The number of carbonyl (C=O) groups excluding carboxylic acids is 1. The predicted octanol–water partition coefficient (Wildman–Crippen LogP) is 2.09. The van der Waals surface area contributed by atoms with E-state index in [1.807, 2.05) is 37.3 Å². The van der Waals surface area contributed by atoms with Crippen LogP contribution in [0.2, 0.25) is 0 Å². The first-order valence-corrected chi connectivity index (χ1v) is 10.9. The summed E-state index contributed by atoms with van der Waals surface area (Å²) in [5.41, 5.74) is 1.69. The molecule has 1 amide bonds. The summed E-state index contributed by atoms with van der Waals surface area (Å²) in [6, 6.07) is 15.4. The fraction of sp³-hybridized carbons (Fsp3) is 0.167. The van der Waals surface area contributed by atoms with Crippen LogP contribution >= 0.6 is 11.8 Å². The molecule has 0 saturated carbocycles. The maximum Gasteiger partial charge on any atom is 0.238 e. The largest absolute Gasteiger partial charge is 0.349 e. The second-order valence-electron chi connectivity index (χ2n) is 6.02. The van der Waals surface area contributed by atoms with Gasteiger partial charge in [0.25, 0.3) is 0 Å². The Balaban J connectivity index is 1.54. The fourth-order valence-electron chi connectivity index (χ4n) is 2.48. The van der Waals surface area contributed by atoms with Crippen molar-refractivity contribution in [2.24, 2.45) is 5.14 Å². The van der Waals surface area contributed by atoms with Gasteiger partial charge in [-0.05, 0) is 24.6 Å². The number of primary sulfonamides is 1.